The molecule has 0 saturated carbocycles. The Labute approximate surface area is 184 Å². The van der Waals surface area contributed by atoms with Crippen molar-refractivity contribution < 1.29 is 26.9 Å². The number of hydrogen-bond acceptors (Lipinski definition) is 4. The van der Waals surface area contributed by atoms with Crippen molar-refractivity contribution in [2.45, 2.75) is 50.7 Å². The second-order valence-electron chi connectivity index (χ2n) is 9.19. The zero-order valence-electron chi connectivity index (χ0n) is 18.5. The highest BCUT2D eigenvalue weighted by Gasteiger charge is 2.63. The highest BCUT2D eigenvalue weighted by atomic mass is 19.3. The molecule has 0 radical (unpaired) electrons. The molecule has 1 saturated heterocycles. The lowest BCUT2D eigenvalue weighted by atomic mass is 9.73. The van der Waals surface area contributed by atoms with Crippen LogP contribution in [0, 0.1) is 0 Å². The molecule has 2 aromatic carbocycles. The molecule has 1 aliphatic heterocycles. The third-order valence-corrected chi connectivity index (χ3v) is 6.58. The van der Waals surface area contributed by atoms with E-state index in [9.17, 15) is 0 Å². The van der Waals surface area contributed by atoms with Crippen LogP contribution in [0.25, 0.3) is 16.8 Å². The number of halogens is 4. The number of rotatable bonds is 3. The smallest absolute Gasteiger partial charge is 0.399 e. The summed E-state index contributed by atoms with van der Waals surface area (Å²) in [6, 6.07) is 8.03. The summed E-state index contributed by atoms with van der Waals surface area (Å²) in [5.74, 6) is -8.87. The highest BCUT2D eigenvalue weighted by molar-refractivity contribution is 6.62. The van der Waals surface area contributed by atoms with Crippen LogP contribution in [-0.4, -0.2) is 25.4 Å². The molecule has 170 valence electrons. The van der Waals surface area contributed by atoms with Gasteiger partial charge in [-0.1, -0.05) is 30.3 Å². The summed E-state index contributed by atoms with van der Waals surface area (Å²) in [5.41, 5.74) is 3.70. The first kappa shape index (κ1) is 22.7. The number of nitrogens with one attached hydrogen (secondary N) is 1. The van der Waals surface area contributed by atoms with Gasteiger partial charge >= 0.3 is 19.0 Å². The van der Waals surface area contributed by atoms with Crippen molar-refractivity contribution in [2.24, 2.45) is 5.73 Å². The number of fused-ring (bicyclic) bond motifs is 3. The minimum absolute atomic E-state index is 0.0393. The van der Waals surface area contributed by atoms with Crippen molar-refractivity contribution in [1.29, 1.82) is 0 Å². The van der Waals surface area contributed by atoms with E-state index in [-0.39, 0.29) is 27.9 Å². The Hall–Kier alpha value is -2.52. The second kappa shape index (κ2) is 6.99. The fourth-order valence-electron chi connectivity index (χ4n) is 3.98. The lowest BCUT2D eigenvalue weighted by molar-refractivity contribution is -0.225. The summed E-state index contributed by atoms with van der Waals surface area (Å²) in [5, 5.41) is 2.70. The van der Waals surface area contributed by atoms with E-state index in [1.807, 2.05) is 27.7 Å². The second-order valence-corrected chi connectivity index (χ2v) is 9.19. The van der Waals surface area contributed by atoms with Gasteiger partial charge in [0, 0.05) is 24.4 Å². The molecule has 2 aromatic rings. The summed E-state index contributed by atoms with van der Waals surface area (Å²) in [4.78, 5) is 0. The maximum atomic E-state index is 15.2. The normalized spacial score (nSPS) is 22.3. The van der Waals surface area contributed by atoms with Crippen LogP contribution in [0.3, 0.4) is 0 Å². The maximum Gasteiger partial charge on any atom is 0.494 e. The summed E-state index contributed by atoms with van der Waals surface area (Å²) in [7, 11) is 0.659. The van der Waals surface area contributed by atoms with Crippen LogP contribution in [0.2, 0.25) is 0 Å². The number of nitrogens with two attached hydrogens (primary N) is 1. The first-order valence-corrected chi connectivity index (χ1v) is 10.3. The van der Waals surface area contributed by atoms with Crippen molar-refractivity contribution in [3.8, 4) is 11.1 Å². The average Bonchev–Trinajstić information content (AvgIpc) is 2.93. The third kappa shape index (κ3) is 3.13. The average molecular weight is 448 g/mol. The lowest BCUT2D eigenvalue weighted by Gasteiger charge is -2.35. The van der Waals surface area contributed by atoms with Gasteiger partial charge in [-0.05, 0) is 55.9 Å². The van der Waals surface area contributed by atoms with E-state index in [4.69, 9.17) is 15.0 Å². The van der Waals surface area contributed by atoms with Crippen molar-refractivity contribution in [1.82, 2.24) is 5.32 Å². The van der Waals surface area contributed by atoms with Crippen molar-refractivity contribution in [3.05, 3.63) is 59.3 Å². The Balaban J connectivity index is 1.85. The Morgan fingerprint density at radius 3 is 1.91 bits per heavy atom. The number of benzene rings is 2. The van der Waals surface area contributed by atoms with E-state index in [1.165, 1.54) is 24.4 Å². The Morgan fingerprint density at radius 1 is 0.875 bits per heavy atom. The zero-order valence-corrected chi connectivity index (χ0v) is 18.5. The van der Waals surface area contributed by atoms with Gasteiger partial charge in [-0.25, -0.2) is 0 Å². The van der Waals surface area contributed by atoms with E-state index >= 15 is 17.6 Å². The molecule has 1 aliphatic carbocycles. The van der Waals surface area contributed by atoms with Crippen LogP contribution < -0.4 is 16.5 Å². The molecule has 0 aromatic heterocycles. The molecule has 9 heteroatoms. The molecule has 0 bridgehead atoms. The largest absolute Gasteiger partial charge is 0.494 e. The van der Waals surface area contributed by atoms with Crippen LogP contribution in [0.15, 0.2) is 42.6 Å². The summed E-state index contributed by atoms with van der Waals surface area (Å²) in [6.07, 6.45) is 1.41. The van der Waals surface area contributed by atoms with Gasteiger partial charge in [-0.2, -0.15) is 17.6 Å². The van der Waals surface area contributed by atoms with E-state index < -0.39 is 41.3 Å². The van der Waals surface area contributed by atoms with E-state index in [2.05, 4.69) is 5.32 Å². The predicted molar refractivity (Wildman–Crippen MR) is 117 cm³/mol. The first-order chi connectivity index (χ1) is 14.7. The van der Waals surface area contributed by atoms with E-state index in [0.29, 0.717) is 0 Å². The van der Waals surface area contributed by atoms with Gasteiger partial charge in [0.05, 0.1) is 16.9 Å². The lowest BCUT2D eigenvalue weighted by Crippen LogP contribution is -2.42. The molecule has 1 fully saturated rings. The van der Waals surface area contributed by atoms with Crippen LogP contribution in [-0.2, 0) is 21.2 Å². The highest BCUT2D eigenvalue weighted by Crippen LogP contribution is 2.57. The molecule has 4 rings (SSSR count). The minimum Gasteiger partial charge on any atom is -0.399 e. The monoisotopic (exact) mass is 448 g/mol. The molecular weight excluding hydrogens is 423 g/mol. The van der Waals surface area contributed by atoms with Crippen LogP contribution in [0.1, 0.15) is 44.4 Å². The Morgan fingerprint density at radius 2 is 1.38 bits per heavy atom. The van der Waals surface area contributed by atoms with Crippen LogP contribution in [0.5, 0.6) is 0 Å². The molecular formula is C23H25BF4N2O2. The van der Waals surface area contributed by atoms with Gasteiger partial charge in [0.2, 0.25) is 0 Å². The third-order valence-electron chi connectivity index (χ3n) is 6.58. The number of hydrogen-bond donors (Lipinski definition) is 2. The molecule has 1 heterocycles. The summed E-state index contributed by atoms with van der Waals surface area (Å²) in [6.45, 7) is 7.32. The van der Waals surface area contributed by atoms with Crippen molar-refractivity contribution in [3.63, 3.8) is 0 Å². The van der Waals surface area contributed by atoms with Gasteiger partial charge in [0.1, 0.15) is 0 Å². The molecule has 0 unspecified atom stereocenters. The number of alkyl halides is 4. The fourth-order valence-corrected chi connectivity index (χ4v) is 3.98. The van der Waals surface area contributed by atoms with Crippen LogP contribution >= 0.6 is 0 Å². The zero-order chi connectivity index (χ0) is 23.7. The summed E-state index contributed by atoms with van der Waals surface area (Å²) < 4.78 is 72.6. The van der Waals surface area contributed by atoms with Crippen LogP contribution in [0.4, 0.5) is 17.6 Å². The molecule has 2 aliphatic rings. The van der Waals surface area contributed by atoms with Gasteiger partial charge in [0.15, 0.2) is 0 Å². The van der Waals surface area contributed by atoms with Crippen molar-refractivity contribution in [2.75, 3.05) is 7.05 Å². The molecule has 4 nitrogen and oxygen atoms in total. The molecule has 0 atom stereocenters. The van der Waals surface area contributed by atoms with Gasteiger partial charge in [-0.3, -0.25) is 0 Å². The Bertz CT molecular complexity index is 1100. The van der Waals surface area contributed by atoms with E-state index in [0.717, 1.165) is 12.1 Å². The topological polar surface area (TPSA) is 56.5 Å². The van der Waals surface area contributed by atoms with Crippen molar-refractivity contribution >= 4 is 18.3 Å². The molecule has 32 heavy (non-hydrogen) atoms. The minimum atomic E-state index is -4.44. The quantitative estimate of drug-likeness (QED) is 0.543. The van der Waals surface area contributed by atoms with Gasteiger partial charge < -0.3 is 20.4 Å². The maximum absolute atomic E-state index is 15.2. The summed E-state index contributed by atoms with van der Waals surface area (Å²) >= 11 is 0. The molecule has 3 N–H and O–H groups in total. The molecule has 0 amide bonds. The van der Waals surface area contributed by atoms with Gasteiger partial charge in [-0.15, -0.1) is 0 Å². The SMILES string of the molecule is CN/C=C(\N)c1ccc2c(c1)C(F)(F)C(F)(F)c1cc(B3OC(C)(C)C(C)(C)O3)ccc1-2. The predicted octanol–water partition coefficient (Wildman–Crippen LogP) is 4.33. The fraction of sp³-hybridized carbons (Fsp3) is 0.391. The first-order valence-electron chi connectivity index (χ1n) is 10.3. The standard InChI is InChI=1S/C23H25BF4N2O2/c1-20(2)21(3,4)32-24(31-20)14-7-9-16-15-8-6-13(19(29)12-30-5)10-17(15)22(25,26)23(27,28)18(16)11-14/h6-12,30H,29H2,1-5H3/b19-12-. The molecule has 0 spiro atoms. The Kier molecular flexibility index (Phi) is 4.95. The van der Waals surface area contributed by atoms with Gasteiger partial charge in [0.25, 0.3) is 0 Å². The van der Waals surface area contributed by atoms with E-state index in [1.54, 1.807) is 13.1 Å².